The Labute approximate surface area is 153 Å². The molecule has 138 valence electrons. The maximum Gasteiger partial charge on any atom is 0.289 e. The Morgan fingerprint density at radius 1 is 1.38 bits per heavy atom. The molecule has 11 heteroatoms. The summed E-state index contributed by atoms with van der Waals surface area (Å²) in [5.41, 5.74) is 0.707. The molecule has 0 bridgehead atoms. The van der Waals surface area contributed by atoms with Gasteiger partial charge in [-0.05, 0) is 6.26 Å². The van der Waals surface area contributed by atoms with E-state index in [1.54, 1.807) is 18.0 Å². The molecule has 0 aromatic carbocycles. The lowest BCUT2D eigenvalue weighted by Gasteiger charge is -2.09. The van der Waals surface area contributed by atoms with Gasteiger partial charge in [-0.2, -0.15) is 5.10 Å². The normalized spacial score (nSPS) is 11.0. The van der Waals surface area contributed by atoms with Crippen LogP contribution in [-0.4, -0.2) is 63.9 Å². The van der Waals surface area contributed by atoms with Crippen molar-refractivity contribution in [3.05, 3.63) is 24.2 Å². The van der Waals surface area contributed by atoms with E-state index < -0.39 is 0 Å². The third-order valence-corrected chi connectivity index (χ3v) is 4.08. The molecule has 2 N–H and O–H groups in total. The van der Waals surface area contributed by atoms with Crippen molar-refractivity contribution in [1.29, 1.82) is 0 Å². The van der Waals surface area contributed by atoms with E-state index in [0.29, 0.717) is 42.9 Å². The molecule has 26 heavy (non-hydrogen) atoms. The molecule has 3 aromatic heterocycles. The largest absolute Gasteiger partial charge is 0.383 e. The van der Waals surface area contributed by atoms with Crippen molar-refractivity contribution in [1.82, 2.24) is 30.2 Å². The van der Waals surface area contributed by atoms with Gasteiger partial charge in [0.25, 0.3) is 5.91 Å². The lowest BCUT2D eigenvalue weighted by Crippen LogP contribution is -2.27. The summed E-state index contributed by atoms with van der Waals surface area (Å²) in [4.78, 5) is 20.9. The van der Waals surface area contributed by atoms with Crippen LogP contribution in [0.3, 0.4) is 0 Å². The molecule has 3 heterocycles. The second-order valence-corrected chi connectivity index (χ2v) is 5.99. The van der Waals surface area contributed by atoms with Crippen LogP contribution in [0.25, 0.3) is 11.0 Å². The molecule has 0 radical (unpaired) electrons. The summed E-state index contributed by atoms with van der Waals surface area (Å²) >= 11 is 1.45. The van der Waals surface area contributed by atoms with Gasteiger partial charge in [0.1, 0.15) is 5.82 Å². The van der Waals surface area contributed by atoms with Crippen LogP contribution >= 0.6 is 11.8 Å². The average Bonchev–Trinajstić information content (AvgIpc) is 3.32. The molecule has 3 aromatic rings. The summed E-state index contributed by atoms with van der Waals surface area (Å²) in [5.74, 6) is 0.570. The van der Waals surface area contributed by atoms with E-state index in [1.165, 1.54) is 24.0 Å². The fourth-order valence-electron chi connectivity index (χ4n) is 2.29. The first-order valence-corrected chi connectivity index (χ1v) is 9.14. The summed E-state index contributed by atoms with van der Waals surface area (Å²) < 4.78 is 11.6. The Morgan fingerprint density at radius 3 is 3.00 bits per heavy atom. The first-order valence-electron chi connectivity index (χ1n) is 7.92. The number of methoxy groups -OCH3 is 1. The Morgan fingerprint density at radius 2 is 2.27 bits per heavy atom. The smallest absolute Gasteiger partial charge is 0.289 e. The van der Waals surface area contributed by atoms with Crippen molar-refractivity contribution in [3.8, 4) is 0 Å². The van der Waals surface area contributed by atoms with Gasteiger partial charge in [-0.15, -0.1) is 0 Å². The molecule has 0 aliphatic rings. The number of aromatic nitrogens is 5. The van der Waals surface area contributed by atoms with Gasteiger partial charge in [0.15, 0.2) is 10.8 Å². The van der Waals surface area contributed by atoms with E-state index in [4.69, 9.17) is 9.26 Å². The van der Waals surface area contributed by atoms with E-state index in [0.717, 1.165) is 5.39 Å². The van der Waals surface area contributed by atoms with Crippen LogP contribution in [-0.2, 0) is 11.3 Å². The SMILES string of the molecule is COCCNc1nc(SC)nc2c1cnn2CCNC(=O)c1ccno1. The zero-order valence-electron chi connectivity index (χ0n) is 14.4. The predicted molar refractivity (Wildman–Crippen MR) is 96.3 cm³/mol. The van der Waals surface area contributed by atoms with Crippen molar-refractivity contribution in [3.63, 3.8) is 0 Å². The molecule has 3 rings (SSSR count). The van der Waals surface area contributed by atoms with Gasteiger partial charge in [0.2, 0.25) is 5.76 Å². The number of ether oxygens (including phenoxy) is 1. The molecule has 0 spiro atoms. The number of anilines is 1. The number of nitrogens with zero attached hydrogens (tertiary/aromatic N) is 5. The summed E-state index contributed by atoms with van der Waals surface area (Å²) in [6.07, 6.45) is 5.06. The molecule has 10 nitrogen and oxygen atoms in total. The molecule has 0 fully saturated rings. The minimum atomic E-state index is -0.319. The number of nitrogens with one attached hydrogen (secondary N) is 2. The molecule has 0 unspecified atom stereocenters. The molecule has 0 aliphatic carbocycles. The van der Waals surface area contributed by atoms with Gasteiger partial charge in [0, 0.05) is 26.3 Å². The molecular formula is C15H19N7O3S. The van der Waals surface area contributed by atoms with Crippen LogP contribution in [0.1, 0.15) is 10.6 Å². The van der Waals surface area contributed by atoms with Gasteiger partial charge in [-0.3, -0.25) is 4.79 Å². The van der Waals surface area contributed by atoms with E-state index in [2.05, 4.69) is 30.9 Å². The van der Waals surface area contributed by atoms with E-state index >= 15 is 0 Å². The Bertz CT molecular complexity index is 866. The fraction of sp³-hybridized carbons (Fsp3) is 0.400. The predicted octanol–water partition coefficient (Wildman–Crippen LogP) is 1.02. The number of carbonyl (C=O) groups is 1. The monoisotopic (exact) mass is 377 g/mol. The zero-order valence-corrected chi connectivity index (χ0v) is 15.2. The third kappa shape index (κ3) is 4.11. The van der Waals surface area contributed by atoms with Gasteiger partial charge < -0.3 is 19.9 Å². The summed E-state index contributed by atoms with van der Waals surface area (Å²) in [6.45, 7) is 2.05. The highest BCUT2D eigenvalue weighted by Gasteiger charge is 2.13. The highest BCUT2D eigenvalue weighted by Crippen LogP contribution is 2.23. The molecule has 1 amide bonds. The number of amides is 1. The fourth-order valence-corrected chi connectivity index (χ4v) is 2.65. The second-order valence-electron chi connectivity index (χ2n) is 5.22. The molecular weight excluding hydrogens is 358 g/mol. The number of rotatable bonds is 9. The van der Waals surface area contributed by atoms with E-state index in [1.807, 2.05) is 6.26 Å². The summed E-state index contributed by atoms with van der Waals surface area (Å²) in [5, 5.41) is 15.3. The number of fused-ring (bicyclic) bond motifs is 1. The lowest BCUT2D eigenvalue weighted by molar-refractivity contribution is 0.0915. The minimum absolute atomic E-state index is 0.173. The molecule has 0 aliphatic heterocycles. The van der Waals surface area contributed by atoms with E-state index in [9.17, 15) is 4.79 Å². The van der Waals surface area contributed by atoms with Gasteiger partial charge in [-0.1, -0.05) is 16.9 Å². The quantitative estimate of drug-likeness (QED) is 0.320. The zero-order chi connectivity index (χ0) is 18.4. The Kier molecular flexibility index (Phi) is 6.02. The Hall–Kier alpha value is -2.66. The third-order valence-electron chi connectivity index (χ3n) is 3.53. The van der Waals surface area contributed by atoms with Crippen molar-refractivity contribution in [2.24, 2.45) is 0 Å². The number of hydrogen-bond donors (Lipinski definition) is 2. The van der Waals surface area contributed by atoms with Crippen molar-refractivity contribution >= 4 is 34.5 Å². The van der Waals surface area contributed by atoms with Crippen LogP contribution in [0.15, 0.2) is 28.1 Å². The van der Waals surface area contributed by atoms with Crippen LogP contribution in [0.4, 0.5) is 5.82 Å². The maximum absolute atomic E-state index is 11.9. The maximum atomic E-state index is 11.9. The topological polar surface area (TPSA) is 120 Å². The number of carbonyl (C=O) groups excluding carboxylic acids is 1. The Balaban J connectivity index is 1.72. The average molecular weight is 377 g/mol. The van der Waals surface area contributed by atoms with Gasteiger partial charge in [0.05, 0.1) is 30.9 Å². The van der Waals surface area contributed by atoms with Crippen LogP contribution in [0.2, 0.25) is 0 Å². The van der Waals surface area contributed by atoms with Crippen LogP contribution in [0.5, 0.6) is 0 Å². The lowest BCUT2D eigenvalue weighted by atomic mass is 10.4. The highest BCUT2D eigenvalue weighted by molar-refractivity contribution is 7.98. The summed E-state index contributed by atoms with van der Waals surface area (Å²) in [6, 6.07) is 1.51. The van der Waals surface area contributed by atoms with Crippen LogP contribution < -0.4 is 10.6 Å². The first kappa shape index (κ1) is 18.1. The summed E-state index contributed by atoms with van der Waals surface area (Å²) in [7, 11) is 1.65. The number of thioether (sulfide) groups is 1. The minimum Gasteiger partial charge on any atom is -0.383 e. The second kappa shape index (κ2) is 8.63. The first-order chi connectivity index (χ1) is 12.7. The van der Waals surface area contributed by atoms with Crippen molar-refractivity contribution < 1.29 is 14.1 Å². The standard InChI is InChI=1S/C15H19N7O3S/c1-24-8-6-16-12-10-9-18-22(13(10)21-15(20-12)26-2)7-5-17-14(23)11-3-4-19-25-11/h3-4,9H,5-8H2,1-2H3,(H,17,23)(H,16,20,21). The van der Waals surface area contributed by atoms with Gasteiger partial charge >= 0.3 is 0 Å². The van der Waals surface area contributed by atoms with Gasteiger partial charge in [-0.25, -0.2) is 14.6 Å². The van der Waals surface area contributed by atoms with Crippen molar-refractivity contribution in [2.45, 2.75) is 11.7 Å². The van der Waals surface area contributed by atoms with Crippen LogP contribution in [0, 0.1) is 0 Å². The highest BCUT2D eigenvalue weighted by atomic mass is 32.2. The van der Waals surface area contributed by atoms with Crippen molar-refractivity contribution in [2.75, 3.05) is 38.4 Å². The molecule has 0 saturated carbocycles. The molecule has 0 atom stereocenters. The van der Waals surface area contributed by atoms with E-state index in [-0.39, 0.29) is 11.7 Å². The number of hydrogen-bond acceptors (Lipinski definition) is 9. The molecule has 0 saturated heterocycles.